The van der Waals surface area contributed by atoms with E-state index in [-0.39, 0.29) is 29.4 Å². The number of piperidine rings is 1. The Hall–Kier alpha value is -2.71. The highest BCUT2D eigenvalue weighted by molar-refractivity contribution is 14.1. The summed E-state index contributed by atoms with van der Waals surface area (Å²) >= 11 is 9.53. The molecule has 41 heavy (non-hydrogen) atoms. The van der Waals surface area contributed by atoms with Gasteiger partial charge in [-0.1, -0.05) is 75.9 Å². The van der Waals surface area contributed by atoms with Crippen LogP contribution in [0.15, 0.2) is 30.3 Å². The van der Waals surface area contributed by atoms with Gasteiger partial charge in [-0.25, -0.2) is 14.2 Å². The molecule has 1 saturated heterocycles. The van der Waals surface area contributed by atoms with E-state index in [1.54, 1.807) is 11.8 Å². The van der Waals surface area contributed by atoms with Crippen LogP contribution in [0.2, 0.25) is 5.02 Å². The number of nitrogens with one attached hydrogen (secondary N) is 3. The van der Waals surface area contributed by atoms with Gasteiger partial charge in [-0.2, -0.15) is 0 Å². The number of esters is 1. The number of carbonyl (C=O) groups excluding carboxylic acids is 3. The van der Waals surface area contributed by atoms with Gasteiger partial charge in [-0.15, -0.1) is 0 Å². The number of carbonyl (C=O) groups is 3. The number of aromatic amines is 1. The zero-order valence-corrected chi connectivity index (χ0v) is 26.9. The molecule has 0 unspecified atom stereocenters. The second-order valence-electron chi connectivity index (χ2n) is 10.2. The maximum atomic E-state index is 15.4. The lowest BCUT2D eigenvalue weighted by atomic mass is 9.94. The lowest BCUT2D eigenvalue weighted by Gasteiger charge is -2.34. The van der Waals surface area contributed by atoms with Gasteiger partial charge in [0.1, 0.15) is 16.7 Å². The monoisotopic (exact) mass is 715 g/mol. The van der Waals surface area contributed by atoms with E-state index in [0.717, 1.165) is 28.2 Å². The van der Waals surface area contributed by atoms with E-state index in [4.69, 9.17) is 16.3 Å². The maximum Gasteiger partial charge on any atom is 0.350 e. The summed E-state index contributed by atoms with van der Waals surface area (Å²) in [6.07, 6.45) is -1.13. The Balaban J connectivity index is 1.50. The average Bonchev–Trinajstić information content (AvgIpc) is 3.51. The standard InChI is InChI=1S/C28H32ClFIN5O4S/c1-5-40-26(39)23-22(25(38)35-28(3,4)16-9-7-6-8-10-16)34-27(41-23)36-12-11-19(18(30)14-36)33-24(37)21-20(29)17(13-31)15(2)32-21/h6-10,18-19,32H,5,11-14H2,1-4H3,(H,33,37)(H,35,38)/t18-,19+/m0/s1. The van der Waals surface area contributed by atoms with Crippen LogP contribution in [0, 0.1) is 6.92 Å². The van der Waals surface area contributed by atoms with Crippen LogP contribution >= 0.6 is 45.5 Å². The van der Waals surface area contributed by atoms with E-state index in [9.17, 15) is 14.4 Å². The molecule has 1 aliphatic heterocycles. The zero-order chi connectivity index (χ0) is 29.9. The Kier molecular flexibility index (Phi) is 9.96. The summed E-state index contributed by atoms with van der Waals surface area (Å²) in [5, 5.41) is 6.39. The summed E-state index contributed by atoms with van der Waals surface area (Å²) in [4.78, 5) is 48.2. The van der Waals surface area contributed by atoms with Crippen molar-refractivity contribution in [2.45, 2.75) is 56.3 Å². The quantitative estimate of drug-likeness (QED) is 0.152. The molecule has 3 N–H and O–H groups in total. The summed E-state index contributed by atoms with van der Waals surface area (Å²) < 4.78 is 21.2. The van der Waals surface area contributed by atoms with Crippen molar-refractivity contribution in [3.8, 4) is 0 Å². The number of halogens is 3. The van der Waals surface area contributed by atoms with Crippen molar-refractivity contribution in [3.05, 3.63) is 68.4 Å². The normalized spacial score (nSPS) is 17.3. The summed E-state index contributed by atoms with van der Waals surface area (Å²) in [7, 11) is 0. The number of ether oxygens (including phenoxy) is 1. The van der Waals surface area contributed by atoms with E-state index in [1.807, 2.05) is 51.1 Å². The third kappa shape index (κ3) is 6.86. The maximum absolute atomic E-state index is 15.4. The number of amides is 2. The molecule has 13 heteroatoms. The van der Waals surface area contributed by atoms with Gasteiger partial charge in [-0.05, 0) is 39.7 Å². The molecule has 1 aromatic carbocycles. The van der Waals surface area contributed by atoms with E-state index in [2.05, 4.69) is 43.2 Å². The van der Waals surface area contributed by atoms with Gasteiger partial charge in [0.05, 0.1) is 29.8 Å². The molecule has 0 aliphatic carbocycles. The van der Waals surface area contributed by atoms with Crippen LogP contribution in [0.25, 0.3) is 0 Å². The van der Waals surface area contributed by atoms with Crippen molar-refractivity contribution in [1.29, 1.82) is 0 Å². The van der Waals surface area contributed by atoms with Gasteiger partial charge < -0.3 is 25.3 Å². The molecule has 4 rings (SSSR count). The molecule has 0 radical (unpaired) electrons. The Morgan fingerprint density at radius 2 is 1.98 bits per heavy atom. The number of aryl methyl sites for hydroxylation is 1. The van der Waals surface area contributed by atoms with Gasteiger partial charge in [0, 0.05) is 22.2 Å². The molecule has 1 aliphatic rings. The molecule has 2 aromatic heterocycles. The molecule has 9 nitrogen and oxygen atoms in total. The smallest absolute Gasteiger partial charge is 0.350 e. The van der Waals surface area contributed by atoms with Crippen LogP contribution < -0.4 is 15.5 Å². The number of benzene rings is 1. The molecule has 3 heterocycles. The fraction of sp³-hybridized carbons (Fsp3) is 0.429. The highest BCUT2D eigenvalue weighted by atomic mass is 127. The third-order valence-corrected chi connectivity index (χ3v) is 9.23. The minimum absolute atomic E-state index is 0.0527. The Bertz CT molecular complexity index is 1430. The van der Waals surface area contributed by atoms with Crippen molar-refractivity contribution in [3.63, 3.8) is 0 Å². The van der Waals surface area contributed by atoms with Gasteiger partial charge >= 0.3 is 5.97 Å². The van der Waals surface area contributed by atoms with Crippen molar-refractivity contribution in [1.82, 2.24) is 20.6 Å². The molecule has 2 amide bonds. The van der Waals surface area contributed by atoms with Crippen LogP contribution in [0.5, 0.6) is 0 Å². The highest BCUT2D eigenvalue weighted by Gasteiger charge is 2.35. The van der Waals surface area contributed by atoms with Crippen LogP contribution in [-0.4, -0.2) is 59.7 Å². The van der Waals surface area contributed by atoms with E-state index < -0.39 is 35.5 Å². The molecule has 0 saturated carbocycles. The highest BCUT2D eigenvalue weighted by Crippen LogP contribution is 2.32. The van der Waals surface area contributed by atoms with Gasteiger partial charge in [0.25, 0.3) is 11.8 Å². The number of alkyl halides is 2. The fourth-order valence-corrected chi connectivity index (χ4v) is 7.15. The number of aromatic nitrogens is 2. The predicted octanol–water partition coefficient (Wildman–Crippen LogP) is 5.56. The molecule has 220 valence electrons. The number of rotatable bonds is 9. The number of nitrogens with zero attached hydrogens (tertiary/aromatic N) is 2. The van der Waals surface area contributed by atoms with E-state index in [0.29, 0.717) is 27.5 Å². The predicted molar refractivity (Wildman–Crippen MR) is 166 cm³/mol. The Labute approximate surface area is 260 Å². The number of hydrogen-bond acceptors (Lipinski definition) is 7. The van der Waals surface area contributed by atoms with Crippen LogP contribution in [0.1, 0.15) is 74.7 Å². The van der Waals surface area contributed by atoms with Crippen molar-refractivity contribution in [2.75, 3.05) is 24.6 Å². The number of H-pyrrole nitrogens is 1. The van der Waals surface area contributed by atoms with Crippen molar-refractivity contribution >= 4 is 68.4 Å². The molecule has 1 fully saturated rings. The first kappa shape index (κ1) is 31.2. The minimum Gasteiger partial charge on any atom is -0.462 e. The van der Waals surface area contributed by atoms with Crippen molar-refractivity contribution < 1.29 is 23.5 Å². The summed E-state index contributed by atoms with van der Waals surface area (Å²) in [5.41, 5.74) is 1.94. The summed E-state index contributed by atoms with van der Waals surface area (Å²) in [5.74, 6) is -1.66. The molecule has 0 spiro atoms. The summed E-state index contributed by atoms with van der Waals surface area (Å²) in [6.45, 7) is 7.63. The molecule has 2 atom stereocenters. The van der Waals surface area contributed by atoms with E-state index in [1.165, 1.54) is 0 Å². The lowest BCUT2D eigenvalue weighted by molar-refractivity contribution is 0.0527. The molecular weight excluding hydrogens is 684 g/mol. The Morgan fingerprint density at radius 1 is 1.27 bits per heavy atom. The average molecular weight is 716 g/mol. The van der Waals surface area contributed by atoms with Crippen molar-refractivity contribution in [2.24, 2.45) is 0 Å². The van der Waals surface area contributed by atoms with E-state index >= 15 is 4.39 Å². The number of hydrogen-bond donors (Lipinski definition) is 3. The fourth-order valence-electron chi connectivity index (χ4n) is 4.63. The van der Waals surface area contributed by atoms with Crippen LogP contribution in [0.3, 0.4) is 0 Å². The first-order valence-corrected chi connectivity index (χ1v) is 15.9. The lowest BCUT2D eigenvalue weighted by Crippen LogP contribution is -2.52. The van der Waals surface area contributed by atoms with Gasteiger partial charge in [0.2, 0.25) is 0 Å². The SMILES string of the molecule is CCOC(=O)c1sc(N2CC[C@@H](NC(=O)c3[nH]c(C)c(CI)c3Cl)[C@@H](F)C2)nc1C(=O)NC(C)(C)c1ccccc1. The minimum atomic E-state index is -1.42. The largest absolute Gasteiger partial charge is 0.462 e. The number of thiazole rings is 1. The molecule has 3 aromatic rings. The first-order chi connectivity index (χ1) is 19.5. The Morgan fingerprint density at radius 3 is 2.59 bits per heavy atom. The second kappa shape index (κ2) is 13.1. The number of anilines is 1. The molecule has 0 bridgehead atoms. The second-order valence-corrected chi connectivity index (χ2v) is 12.3. The third-order valence-electron chi connectivity index (χ3n) is 6.95. The van der Waals surface area contributed by atoms with Gasteiger partial charge in [0.15, 0.2) is 10.8 Å². The van der Waals surface area contributed by atoms with Crippen LogP contribution in [0.4, 0.5) is 9.52 Å². The van der Waals surface area contributed by atoms with Gasteiger partial charge in [-0.3, -0.25) is 9.59 Å². The topological polar surface area (TPSA) is 116 Å². The zero-order valence-electron chi connectivity index (χ0n) is 23.1. The summed E-state index contributed by atoms with van der Waals surface area (Å²) in [6, 6.07) is 8.71. The molecular formula is C28H32ClFIN5O4S. The van der Waals surface area contributed by atoms with Crippen LogP contribution in [-0.2, 0) is 14.7 Å². The first-order valence-electron chi connectivity index (χ1n) is 13.2.